The number of halogens is 1. The lowest BCUT2D eigenvalue weighted by atomic mass is 10.2. The second-order valence-electron chi connectivity index (χ2n) is 5.05. The van der Waals surface area contributed by atoms with E-state index in [1.807, 2.05) is 6.92 Å². The van der Waals surface area contributed by atoms with Gasteiger partial charge in [0.1, 0.15) is 5.82 Å². The minimum atomic E-state index is -0.458. The van der Waals surface area contributed by atoms with Gasteiger partial charge in [0.05, 0.1) is 5.25 Å². The highest BCUT2D eigenvalue weighted by Gasteiger charge is 2.16. The average Bonchev–Trinajstić information content (AvgIpc) is 2.49. The number of carbonyl (C=O) groups excluding carboxylic acids is 1. The SMILES string of the molecule is CCCc1cc(=O)[nH]c(SC(C)C(=O)Nc2ccc(F)cc2)n1. The number of aromatic amines is 1. The molecule has 1 atom stereocenters. The fraction of sp³-hybridized carbons (Fsp3) is 0.312. The van der Waals surface area contributed by atoms with Gasteiger partial charge in [-0.2, -0.15) is 0 Å². The molecule has 1 aromatic heterocycles. The number of hydrogen-bond acceptors (Lipinski definition) is 4. The first kappa shape index (κ1) is 17.2. The molecule has 2 aromatic rings. The number of nitrogens with one attached hydrogen (secondary N) is 2. The molecule has 122 valence electrons. The Labute approximate surface area is 137 Å². The van der Waals surface area contributed by atoms with Gasteiger partial charge in [-0.15, -0.1) is 0 Å². The summed E-state index contributed by atoms with van der Waals surface area (Å²) in [6.07, 6.45) is 1.61. The van der Waals surface area contributed by atoms with Crippen LogP contribution in [0.25, 0.3) is 0 Å². The number of benzene rings is 1. The number of hydrogen-bond donors (Lipinski definition) is 2. The van der Waals surface area contributed by atoms with Gasteiger partial charge in [0.15, 0.2) is 5.16 Å². The summed E-state index contributed by atoms with van der Waals surface area (Å²) in [5.41, 5.74) is 1.01. The number of aromatic nitrogens is 2. The van der Waals surface area contributed by atoms with Gasteiger partial charge in [0, 0.05) is 17.4 Å². The molecule has 0 spiro atoms. The summed E-state index contributed by atoms with van der Waals surface area (Å²) in [6, 6.07) is 7.01. The van der Waals surface area contributed by atoms with Crippen LogP contribution in [0.3, 0.4) is 0 Å². The number of H-pyrrole nitrogens is 1. The molecule has 0 bridgehead atoms. The number of nitrogens with zero attached hydrogens (tertiary/aromatic N) is 1. The summed E-state index contributed by atoms with van der Waals surface area (Å²) >= 11 is 1.18. The van der Waals surface area contributed by atoms with Crippen molar-refractivity contribution in [3.63, 3.8) is 0 Å². The minimum Gasteiger partial charge on any atom is -0.325 e. The molecule has 0 aliphatic rings. The van der Waals surface area contributed by atoms with Crippen molar-refractivity contribution >= 4 is 23.4 Å². The molecule has 23 heavy (non-hydrogen) atoms. The predicted molar refractivity (Wildman–Crippen MR) is 89.2 cm³/mol. The molecule has 5 nitrogen and oxygen atoms in total. The molecule has 0 saturated heterocycles. The molecule has 1 unspecified atom stereocenters. The summed E-state index contributed by atoms with van der Waals surface area (Å²) in [5.74, 6) is -0.606. The minimum absolute atomic E-state index is 0.225. The first-order valence-electron chi connectivity index (χ1n) is 7.31. The lowest BCUT2D eigenvalue weighted by molar-refractivity contribution is -0.115. The monoisotopic (exact) mass is 335 g/mol. The van der Waals surface area contributed by atoms with Crippen molar-refractivity contribution in [2.45, 2.75) is 37.1 Å². The zero-order valence-electron chi connectivity index (χ0n) is 12.9. The van der Waals surface area contributed by atoms with E-state index in [1.54, 1.807) is 6.92 Å². The number of thioether (sulfide) groups is 1. The second-order valence-corrected chi connectivity index (χ2v) is 6.38. The predicted octanol–water partition coefficient (Wildman–Crippen LogP) is 2.98. The molecule has 2 N–H and O–H groups in total. The van der Waals surface area contributed by atoms with Gasteiger partial charge in [0.25, 0.3) is 5.56 Å². The van der Waals surface area contributed by atoms with Gasteiger partial charge in [0.2, 0.25) is 5.91 Å². The quantitative estimate of drug-likeness (QED) is 0.629. The standard InChI is InChI=1S/C16H18FN3O2S/c1-3-4-13-9-14(21)20-16(19-13)23-10(2)15(22)18-12-7-5-11(17)6-8-12/h5-10H,3-4H2,1-2H3,(H,18,22)(H,19,20,21). The highest BCUT2D eigenvalue weighted by molar-refractivity contribution is 8.00. The molecule has 1 heterocycles. The van der Waals surface area contributed by atoms with Gasteiger partial charge in [-0.25, -0.2) is 9.37 Å². The maximum atomic E-state index is 12.8. The Morgan fingerprint density at radius 3 is 2.74 bits per heavy atom. The molecule has 0 fully saturated rings. The van der Waals surface area contributed by atoms with Gasteiger partial charge in [-0.3, -0.25) is 9.59 Å². The van der Waals surface area contributed by atoms with E-state index in [9.17, 15) is 14.0 Å². The van der Waals surface area contributed by atoms with E-state index in [-0.39, 0.29) is 17.3 Å². The fourth-order valence-corrected chi connectivity index (χ4v) is 2.75. The van der Waals surface area contributed by atoms with Crippen LogP contribution in [0.1, 0.15) is 26.0 Å². The van der Waals surface area contributed by atoms with Crippen LogP contribution in [-0.4, -0.2) is 21.1 Å². The van der Waals surface area contributed by atoms with Crippen LogP contribution < -0.4 is 10.9 Å². The van der Waals surface area contributed by atoms with Gasteiger partial charge in [-0.05, 0) is 37.6 Å². The van der Waals surface area contributed by atoms with Gasteiger partial charge in [-0.1, -0.05) is 25.1 Å². The lowest BCUT2D eigenvalue weighted by Gasteiger charge is -2.11. The molecule has 7 heteroatoms. The van der Waals surface area contributed by atoms with Crippen LogP contribution in [-0.2, 0) is 11.2 Å². The first-order chi connectivity index (χ1) is 11.0. The maximum absolute atomic E-state index is 12.8. The van der Waals surface area contributed by atoms with Crippen molar-refractivity contribution in [1.82, 2.24) is 9.97 Å². The maximum Gasteiger partial charge on any atom is 0.251 e. The highest BCUT2D eigenvalue weighted by atomic mass is 32.2. The number of anilines is 1. The van der Waals surface area contributed by atoms with Crippen molar-refractivity contribution in [1.29, 1.82) is 0 Å². The molecule has 2 rings (SSSR count). The number of rotatable bonds is 6. The number of aryl methyl sites for hydroxylation is 1. The fourth-order valence-electron chi connectivity index (χ4n) is 1.92. The van der Waals surface area contributed by atoms with E-state index >= 15 is 0 Å². The van der Waals surface area contributed by atoms with E-state index in [2.05, 4.69) is 15.3 Å². The molecule has 0 aliphatic heterocycles. The van der Waals surface area contributed by atoms with E-state index in [0.717, 1.165) is 6.42 Å². The van der Waals surface area contributed by atoms with Crippen LogP contribution >= 0.6 is 11.8 Å². The van der Waals surface area contributed by atoms with Crippen molar-refractivity contribution in [2.75, 3.05) is 5.32 Å². The van der Waals surface area contributed by atoms with Crippen LogP contribution in [0, 0.1) is 5.82 Å². The first-order valence-corrected chi connectivity index (χ1v) is 8.19. The van der Waals surface area contributed by atoms with E-state index < -0.39 is 5.25 Å². The Morgan fingerprint density at radius 2 is 2.09 bits per heavy atom. The Hall–Kier alpha value is -2.15. The second kappa shape index (κ2) is 7.92. The van der Waals surface area contributed by atoms with Gasteiger partial charge >= 0.3 is 0 Å². The largest absolute Gasteiger partial charge is 0.325 e. The Morgan fingerprint density at radius 1 is 1.39 bits per heavy atom. The van der Waals surface area contributed by atoms with Crippen LogP contribution in [0.5, 0.6) is 0 Å². The van der Waals surface area contributed by atoms with Crippen LogP contribution in [0.15, 0.2) is 40.3 Å². The smallest absolute Gasteiger partial charge is 0.251 e. The zero-order valence-corrected chi connectivity index (χ0v) is 13.7. The van der Waals surface area contributed by atoms with E-state index in [4.69, 9.17) is 0 Å². The summed E-state index contributed by atoms with van der Waals surface area (Å²) in [7, 11) is 0. The van der Waals surface area contributed by atoms with Crippen LogP contribution in [0.2, 0.25) is 0 Å². The Balaban J connectivity index is 2.03. The number of carbonyl (C=O) groups is 1. The summed E-state index contributed by atoms with van der Waals surface area (Å²) in [6.45, 7) is 3.73. The molecule has 1 aromatic carbocycles. The highest BCUT2D eigenvalue weighted by Crippen LogP contribution is 2.20. The lowest BCUT2D eigenvalue weighted by Crippen LogP contribution is -2.23. The molecular weight excluding hydrogens is 317 g/mol. The van der Waals surface area contributed by atoms with Crippen molar-refractivity contribution in [3.8, 4) is 0 Å². The van der Waals surface area contributed by atoms with Crippen molar-refractivity contribution in [2.24, 2.45) is 0 Å². The zero-order chi connectivity index (χ0) is 16.8. The van der Waals surface area contributed by atoms with E-state index in [0.29, 0.717) is 23.0 Å². The molecule has 0 aliphatic carbocycles. The third kappa shape index (κ3) is 5.21. The van der Waals surface area contributed by atoms with Crippen LogP contribution in [0.4, 0.5) is 10.1 Å². The third-order valence-corrected chi connectivity index (χ3v) is 4.03. The summed E-state index contributed by atoms with van der Waals surface area (Å²) in [5, 5.41) is 2.66. The Bertz CT molecular complexity index is 731. The molecule has 0 saturated carbocycles. The van der Waals surface area contributed by atoms with Crippen molar-refractivity contribution in [3.05, 3.63) is 52.2 Å². The third-order valence-electron chi connectivity index (χ3n) is 3.05. The normalized spacial score (nSPS) is 12.0. The Kier molecular flexibility index (Phi) is 5.92. The molecule has 1 amide bonds. The molecular formula is C16H18FN3O2S. The molecule has 0 radical (unpaired) electrons. The number of amides is 1. The van der Waals surface area contributed by atoms with E-state index in [1.165, 1.54) is 42.1 Å². The summed E-state index contributed by atoms with van der Waals surface area (Å²) in [4.78, 5) is 30.7. The topological polar surface area (TPSA) is 74.8 Å². The summed E-state index contributed by atoms with van der Waals surface area (Å²) < 4.78 is 12.8. The average molecular weight is 335 g/mol. The van der Waals surface area contributed by atoms with Crippen molar-refractivity contribution < 1.29 is 9.18 Å². The van der Waals surface area contributed by atoms with Gasteiger partial charge < -0.3 is 10.3 Å².